The molecule has 0 saturated carbocycles. The number of nitrogens with zero attached hydrogens (tertiary/aromatic N) is 2. The molecule has 0 aliphatic rings. The van der Waals surface area contributed by atoms with E-state index in [1.807, 2.05) is 24.3 Å². The van der Waals surface area contributed by atoms with Crippen LogP contribution in [-0.2, 0) is 11.3 Å². The van der Waals surface area contributed by atoms with Gasteiger partial charge in [-0.2, -0.15) is 0 Å². The molecule has 0 aliphatic heterocycles. The molecule has 0 aliphatic carbocycles. The second-order valence-corrected chi connectivity index (χ2v) is 7.07. The largest absolute Gasteiger partial charge is 0.482 e. The van der Waals surface area contributed by atoms with Crippen molar-refractivity contribution in [3.63, 3.8) is 0 Å². The SMILES string of the molecule is CN(Cc1nc2ccccc2s1)C(=O)COc1cccc(Cl)c1Cl. The van der Waals surface area contributed by atoms with Gasteiger partial charge < -0.3 is 9.64 Å². The number of ether oxygens (including phenoxy) is 1. The molecule has 4 nitrogen and oxygen atoms in total. The highest BCUT2D eigenvalue weighted by molar-refractivity contribution is 7.18. The van der Waals surface area contributed by atoms with Crippen LogP contribution in [0.15, 0.2) is 42.5 Å². The maximum Gasteiger partial charge on any atom is 0.260 e. The summed E-state index contributed by atoms with van der Waals surface area (Å²) in [5, 5.41) is 1.58. The fraction of sp³-hybridized carbons (Fsp3) is 0.176. The van der Waals surface area contributed by atoms with Crippen molar-refractivity contribution in [2.24, 2.45) is 0 Å². The van der Waals surface area contributed by atoms with Crippen molar-refractivity contribution in [1.82, 2.24) is 9.88 Å². The average molecular weight is 381 g/mol. The van der Waals surface area contributed by atoms with Crippen molar-refractivity contribution in [2.45, 2.75) is 6.54 Å². The molecule has 0 spiro atoms. The number of hydrogen-bond donors (Lipinski definition) is 0. The molecule has 0 fully saturated rings. The smallest absolute Gasteiger partial charge is 0.260 e. The van der Waals surface area contributed by atoms with Crippen molar-refractivity contribution in [2.75, 3.05) is 13.7 Å². The molecular formula is C17H14Cl2N2O2S. The van der Waals surface area contributed by atoms with Crippen LogP contribution in [0.5, 0.6) is 5.75 Å². The summed E-state index contributed by atoms with van der Waals surface area (Å²) in [6, 6.07) is 13.0. The van der Waals surface area contributed by atoms with Crippen LogP contribution < -0.4 is 4.74 Å². The van der Waals surface area contributed by atoms with E-state index in [4.69, 9.17) is 27.9 Å². The van der Waals surface area contributed by atoms with Gasteiger partial charge in [0.15, 0.2) is 6.61 Å². The standard InChI is InChI=1S/C17H14Cl2N2O2S/c1-21(9-15-20-12-6-2-3-8-14(12)24-15)16(22)10-23-13-7-4-5-11(18)17(13)19/h2-8H,9-10H2,1H3. The third-order valence-corrected chi connectivity index (χ3v) is 5.23. The summed E-state index contributed by atoms with van der Waals surface area (Å²) in [5.74, 6) is 0.233. The van der Waals surface area contributed by atoms with E-state index in [2.05, 4.69) is 4.98 Å². The predicted octanol–water partition coefficient (Wildman–Crippen LogP) is 4.64. The number of halogens is 2. The summed E-state index contributed by atoms with van der Waals surface area (Å²) in [4.78, 5) is 18.3. The summed E-state index contributed by atoms with van der Waals surface area (Å²) < 4.78 is 6.58. The van der Waals surface area contributed by atoms with Crippen LogP contribution >= 0.6 is 34.5 Å². The normalized spacial score (nSPS) is 10.8. The molecule has 0 radical (unpaired) electrons. The van der Waals surface area contributed by atoms with Crippen LogP contribution in [0.4, 0.5) is 0 Å². The molecule has 0 saturated heterocycles. The number of benzene rings is 2. The van der Waals surface area contributed by atoms with Gasteiger partial charge in [-0.3, -0.25) is 4.79 Å². The van der Waals surface area contributed by atoms with Crippen molar-refractivity contribution >= 4 is 50.7 Å². The number of rotatable bonds is 5. The lowest BCUT2D eigenvalue weighted by Gasteiger charge is -2.16. The third-order valence-electron chi connectivity index (χ3n) is 3.40. The molecule has 24 heavy (non-hydrogen) atoms. The molecule has 3 aromatic rings. The number of thiazole rings is 1. The molecule has 1 heterocycles. The number of aromatic nitrogens is 1. The number of fused-ring (bicyclic) bond motifs is 1. The van der Waals surface area contributed by atoms with Gasteiger partial charge in [-0.05, 0) is 24.3 Å². The number of carbonyl (C=O) groups is 1. The molecule has 3 rings (SSSR count). The summed E-state index contributed by atoms with van der Waals surface area (Å²) in [7, 11) is 1.72. The Labute approximate surface area is 153 Å². The zero-order valence-electron chi connectivity index (χ0n) is 12.8. The quantitative estimate of drug-likeness (QED) is 0.647. The van der Waals surface area contributed by atoms with E-state index in [1.54, 1.807) is 41.5 Å². The third kappa shape index (κ3) is 3.80. The van der Waals surface area contributed by atoms with Crippen molar-refractivity contribution < 1.29 is 9.53 Å². The zero-order valence-corrected chi connectivity index (χ0v) is 15.2. The van der Waals surface area contributed by atoms with E-state index in [0.29, 0.717) is 22.3 Å². The van der Waals surface area contributed by atoms with Gasteiger partial charge in [0.25, 0.3) is 5.91 Å². The second-order valence-electron chi connectivity index (χ2n) is 5.17. The molecule has 0 N–H and O–H groups in total. The number of hydrogen-bond acceptors (Lipinski definition) is 4. The molecule has 0 unspecified atom stereocenters. The summed E-state index contributed by atoms with van der Waals surface area (Å²) in [6.07, 6.45) is 0. The van der Waals surface area contributed by atoms with E-state index in [1.165, 1.54) is 0 Å². The monoisotopic (exact) mass is 380 g/mol. The molecule has 0 atom stereocenters. The Morgan fingerprint density at radius 2 is 2.00 bits per heavy atom. The average Bonchev–Trinajstić information content (AvgIpc) is 2.98. The van der Waals surface area contributed by atoms with Gasteiger partial charge in [0.05, 0.1) is 21.8 Å². The maximum atomic E-state index is 12.2. The number of amides is 1. The number of carbonyl (C=O) groups excluding carboxylic acids is 1. The lowest BCUT2D eigenvalue weighted by atomic mass is 10.3. The Bertz CT molecular complexity index is 849. The number of likely N-dealkylation sites (N-methyl/N-ethyl adjacent to an activating group) is 1. The minimum absolute atomic E-state index is 0.110. The number of para-hydroxylation sites is 1. The second kappa shape index (κ2) is 7.38. The van der Waals surface area contributed by atoms with Gasteiger partial charge >= 0.3 is 0 Å². The van der Waals surface area contributed by atoms with Crippen LogP contribution in [0.25, 0.3) is 10.2 Å². The Kier molecular flexibility index (Phi) is 5.23. The van der Waals surface area contributed by atoms with Crippen LogP contribution in [0.2, 0.25) is 10.0 Å². The summed E-state index contributed by atoms with van der Waals surface area (Å²) in [6.45, 7) is 0.326. The van der Waals surface area contributed by atoms with Crippen molar-refractivity contribution in [1.29, 1.82) is 0 Å². The molecule has 1 amide bonds. The van der Waals surface area contributed by atoms with Crippen LogP contribution in [-0.4, -0.2) is 29.4 Å². The fourth-order valence-electron chi connectivity index (χ4n) is 2.12. The molecule has 0 bridgehead atoms. The molecule has 2 aromatic carbocycles. The van der Waals surface area contributed by atoms with Crippen molar-refractivity contribution in [3.05, 3.63) is 57.5 Å². The highest BCUT2D eigenvalue weighted by Gasteiger charge is 2.14. The first-order valence-corrected chi connectivity index (χ1v) is 8.77. The van der Waals surface area contributed by atoms with Gasteiger partial charge in [0.2, 0.25) is 0 Å². The maximum absolute atomic E-state index is 12.2. The molecular weight excluding hydrogens is 367 g/mol. The molecule has 124 valence electrons. The van der Waals surface area contributed by atoms with E-state index < -0.39 is 0 Å². The Balaban J connectivity index is 1.61. The van der Waals surface area contributed by atoms with Gasteiger partial charge in [-0.25, -0.2) is 4.98 Å². The van der Waals surface area contributed by atoms with Gasteiger partial charge in [0.1, 0.15) is 15.8 Å². The summed E-state index contributed by atoms with van der Waals surface area (Å²) >= 11 is 13.5. The molecule has 7 heteroatoms. The highest BCUT2D eigenvalue weighted by atomic mass is 35.5. The first-order chi connectivity index (χ1) is 11.5. The van der Waals surface area contributed by atoms with E-state index in [9.17, 15) is 4.79 Å². The predicted molar refractivity (Wildman–Crippen MR) is 98.1 cm³/mol. The lowest BCUT2D eigenvalue weighted by molar-refractivity contribution is -0.132. The summed E-state index contributed by atoms with van der Waals surface area (Å²) in [5.41, 5.74) is 0.945. The van der Waals surface area contributed by atoms with Crippen LogP contribution in [0.1, 0.15) is 5.01 Å². The molecule has 1 aromatic heterocycles. The topological polar surface area (TPSA) is 42.4 Å². The fourth-order valence-corrected chi connectivity index (χ4v) is 3.49. The van der Waals surface area contributed by atoms with Gasteiger partial charge in [-0.1, -0.05) is 41.4 Å². The van der Waals surface area contributed by atoms with Crippen molar-refractivity contribution in [3.8, 4) is 5.75 Å². The van der Waals surface area contributed by atoms with E-state index >= 15 is 0 Å². The first-order valence-electron chi connectivity index (χ1n) is 7.20. The van der Waals surface area contributed by atoms with Gasteiger partial charge in [-0.15, -0.1) is 11.3 Å². The highest BCUT2D eigenvalue weighted by Crippen LogP contribution is 2.31. The van der Waals surface area contributed by atoms with Crippen LogP contribution in [0.3, 0.4) is 0 Å². The van der Waals surface area contributed by atoms with Gasteiger partial charge in [0, 0.05) is 7.05 Å². The Morgan fingerprint density at radius 1 is 1.21 bits per heavy atom. The van der Waals surface area contributed by atoms with E-state index in [0.717, 1.165) is 15.2 Å². The Morgan fingerprint density at radius 3 is 2.79 bits per heavy atom. The lowest BCUT2D eigenvalue weighted by Crippen LogP contribution is -2.30. The van der Waals surface area contributed by atoms with E-state index in [-0.39, 0.29) is 12.5 Å². The first kappa shape index (κ1) is 17.0. The minimum atomic E-state index is -0.162. The zero-order chi connectivity index (χ0) is 17.1. The minimum Gasteiger partial charge on any atom is -0.482 e. The van der Waals surface area contributed by atoms with Crippen LogP contribution in [0, 0.1) is 0 Å². The Hall–Kier alpha value is -1.82.